The van der Waals surface area contributed by atoms with Crippen LogP contribution in [0.3, 0.4) is 0 Å². The molecule has 0 aromatic heterocycles. The van der Waals surface area contributed by atoms with Crippen LogP contribution in [0.5, 0.6) is 5.75 Å². The van der Waals surface area contributed by atoms with Gasteiger partial charge in [-0.15, -0.1) is 0 Å². The van der Waals surface area contributed by atoms with Gasteiger partial charge in [0.05, 0.1) is 18.8 Å². The molecule has 2 unspecified atom stereocenters. The molecular weight excluding hydrogens is 221 g/mol. The Kier molecular flexibility index (Phi) is 3.35. The highest BCUT2D eigenvalue weighted by Crippen LogP contribution is 2.37. The second-order valence-corrected chi connectivity index (χ2v) is 4.61. The van der Waals surface area contributed by atoms with Gasteiger partial charge >= 0.3 is 0 Å². The molecule has 2 atom stereocenters. The van der Waals surface area contributed by atoms with Crippen molar-refractivity contribution in [2.75, 3.05) is 13.7 Å². The van der Waals surface area contributed by atoms with Crippen molar-refractivity contribution in [3.8, 4) is 5.75 Å². The summed E-state index contributed by atoms with van der Waals surface area (Å²) in [6.07, 6.45) is 1.82. The van der Waals surface area contributed by atoms with Gasteiger partial charge in [0.2, 0.25) is 0 Å². The molecule has 2 rings (SSSR count). The quantitative estimate of drug-likeness (QED) is 0.881. The van der Waals surface area contributed by atoms with Gasteiger partial charge in [-0.3, -0.25) is 0 Å². The number of ether oxygens (including phenoxy) is 2. The van der Waals surface area contributed by atoms with Crippen LogP contribution >= 0.6 is 0 Å². The van der Waals surface area contributed by atoms with Gasteiger partial charge in [0.25, 0.3) is 0 Å². The van der Waals surface area contributed by atoms with Gasteiger partial charge in [-0.05, 0) is 25.8 Å². The first-order valence-electron chi connectivity index (χ1n) is 5.80. The van der Waals surface area contributed by atoms with E-state index in [2.05, 4.69) is 0 Å². The monoisotopic (exact) mass is 239 g/mol. The van der Waals surface area contributed by atoms with Gasteiger partial charge in [0, 0.05) is 12.2 Å². The first-order valence-corrected chi connectivity index (χ1v) is 5.80. The van der Waals surface area contributed by atoms with Gasteiger partial charge in [-0.1, -0.05) is 12.1 Å². The summed E-state index contributed by atoms with van der Waals surface area (Å²) in [7, 11) is 1.45. The first-order chi connectivity index (χ1) is 8.08. The van der Waals surface area contributed by atoms with Crippen LogP contribution in [0.4, 0.5) is 4.39 Å². The molecule has 94 valence electrons. The fourth-order valence-corrected chi connectivity index (χ4v) is 2.30. The van der Waals surface area contributed by atoms with E-state index in [0.29, 0.717) is 12.2 Å². The zero-order valence-electron chi connectivity index (χ0n) is 10.2. The predicted octanol–water partition coefficient (Wildman–Crippen LogP) is 2.40. The predicted molar refractivity (Wildman–Crippen MR) is 63.5 cm³/mol. The Hall–Kier alpha value is -1.13. The Balaban J connectivity index is 2.33. The molecule has 3 nitrogen and oxygen atoms in total. The van der Waals surface area contributed by atoms with Crippen molar-refractivity contribution in [3.05, 3.63) is 29.6 Å². The van der Waals surface area contributed by atoms with Crippen molar-refractivity contribution in [2.24, 2.45) is 5.73 Å². The first kappa shape index (κ1) is 12.3. The summed E-state index contributed by atoms with van der Waals surface area (Å²) in [6.45, 7) is 2.62. The minimum absolute atomic E-state index is 0.222. The molecule has 4 heteroatoms. The summed E-state index contributed by atoms with van der Waals surface area (Å²) in [6, 6.07) is 4.55. The van der Waals surface area contributed by atoms with E-state index < -0.39 is 11.6 Å². The van der Waals surface area contributed by atoms with Crippen molar-refractivity contribution in [3.63, 3.8) is 0 Å². The molecule has 0 saturated carbocycles. The standard InChI is InChI=1S/C13H18FNO2/c1-13(7-4-8-17-13)12(15)9-5-3-6-10(16-2)11(9)14/h3,5-6,12H,4,7-8,15H2,1-2H3. The summed E-state index contributed by atoms with van der Waals surface area (Å²) in [5, 5.41) is 0. The molecule has 1 aromatic rings. The summed E-state index contributed by atoms with van der Waals surface area (Å²) in [4.78, 5) is 0. The lowest BCUT2D eigenvalue weighted by molar-refractivity contribution is -0.00265. The molecule has 0 amide bonds. The molecule has 0 radical (unpaired) electrons. The largest absolute Gasteiger partial charge is 0.494 e. The molecular formula is C13H18FNO2. The molecule has 1 saturated heterocycles. The van der Waals surface area contributed by atoms with Crippen molar-refractivity contribution < 1.29 is 13.9 Å². The molecule has 0 spiro atoms. The van der Waals surface area contributed by atoms with Crippen molar-refractivity contribution in [1.82, 2.24) is 0 Å². The van der Waals surface area contributed by atoms with E-state index >= 15 is 0 Å². The third-order valence-electron chi connectivity index (χ3n) is 3.46. The zero-order chi connectivity index (χ0) is 12.5. The smallest absolute Gasteiger partial charge is 0.169 e. The van der Waals surface area contributed by atoms with Crippen LogP contribution in [0, 0.1) is 5.82 Å². The highest BCUT2D eigenvalue weighted by molar-refractivity contribution is 5.34. The molecule has 1 aromatic carbocycles. The van der Waals surface area contributed by atoms with Crippen molar-refractivity contribution in [2.45, 2.75) is 31.4 Å². The maximum absolute atomic E-state index is 14.1. The number of hydrogen-bond acceptors (Lipinski definition) is 3. The normalized spacial score (nSPS) is 25.9. The number of hydrogen-bond donors (Lipinski definition) is 1. The molecule has 1 aliphatic rings. The second-order valence-electron chi connectivity index (χ2n) is 4.61. The molecule has 0 aliphatic carbocycles. The maximum Gasteiger partial charge on any atom is 0.169 e. The van der Waals surface area contributed by atoms with Gasteiger partial charge in [0.1, 0.15) is 0 Å². The van der Waals surface area contributed by atoms with Crippen LogP contribution in [0.2, 0.25) is 0 Å². The SMILES string of the molecule is COc1cccc(C(N)C2(C)CCCO2)c1F. The molecule has 17 heavy (non-hydrogen) atoms. The van der Waals surface area contributed by atoms with Crippen LogP contribution < -0.4 is 10.5 Å². The van der Waals surface area contributed by atoms with E-state index in [0.717, 1.165) is 12.8 Å². The van der Waals surface area contributed by atoms with Crippen molar-refractivity contribution >= 4 is 0 Å². The maximum atomic E-state index is 14.1. The van der Waals surface area contributed by atoms with E-state index in [1.807, 2.05) is 6.92 Å². The number of methoxy groups -OCH3 is 1. The lowest BCUT2D eigenvalue weighted by Crippen LogP contribution is -2.38. The van der Waals surface area contributed by atoms with Gasteiger partial charge < -0.3 is 15.2 Å². The molecule has 1 aliphatic heterocycles. The Morgan fingerprint density at radius 3 is 2.88 bits per heavy atom. The lowest BCUT2D eigenvalue weighted by Gasteiger charge is -2.31. The highest BCUT2D eigenvalue weighted by Gasteiger charge is 2.38. The van der Waals surface area contributed by atoms with E-state index in [1.165, 1.54) is 7.11 Å². The summed E-state index contributed by atoms with van der Waals surface area (Å²) >= 11 is 0. The zero-order valence-corrected chi connectivity index (χ0v) is 10.2. The second kappa shape index (κ2) is 4.63. The van der Waals surface area contributed by atoms with Crippen LogP contribution in [0.1, 0.15) is 31.4 Å². The lowest BCUT2D eigenvalue weighted by atomic mass is 9.88. The van der Waals surface area contributed by atoms with E-state index in [-0.39, 0.29) is 11.6 Å². The number of rotatable bonds is 3. The average Bonchev–Trinajstić information content (AvgIpc) is 2.77. The Morgan fingerprint density at radius 2 is 2.29 bits per heavy atom. The fraction of sp³-hybridized carbons (Fsp3) is 0.538. The Morgan fingerprint density at radius 1 is 1.53 bits per heavy atom. The Labute approximate surface area is 101 Å². The topological polar surface area (TPSA) is 44.5 Å². The van der Waals surface area contributed by atoms with Gasteiger partial charge in [0.15, 0.2) is 11.6 Å². The van der Waals surface area contributed by atoms with Crippen LogP contribution in [-0.4, -0.2) is 19.3 Å². The molecule has 1 heterocycles. The van der Waals surface area contributed by atoms with Crippen LogP contribution in [0.25, 0.3) is 0 Å². The highest BCUT2D eigenvalue weighted by atomic mass is 19.1. The molecule has 1 fully saturated rings. The molecule has 0 bridgehead atoms. The third-order valence-corrected chi connectivity index (χ3v) is 3.46. The summed E-state index contributed by atoms with van der Waals surface area (Å²) in [5.74, 6) is -0.168. The average molecular weight is 239 g/mol. The molecule has 2 N–H and O–H groups in total. The van der Waals surface area contributed by atoms with E-state index in [4.69, 9.17) is 15.2 Å². The van der Waals surface area contributed by atoms with Crippen LogP contribution in [-0.2, 0) is 4.74 Å². The van der Waals surface area contributed by atoms with E-state index in [1.54, 1.807) is 18.2 Å². The van der Waals surface area contributed by atoms with Crippen molar-refractivity contribution in [1.29, 1.82) is 0 Å². The number of nitrogens with two attached hydrogens (primary N) is 1. The number of benzene rings is 1. The van der Waals surface area contributed by atoms with E-state index in [9.17, 15) is 4.39 Å². The third kappa shape index (κ3) is 2.15. The number of halogens is 1. The van der Waals surface area contributed by atoms with Crippen LogP contribution in [0.15, 0.2) is 18.2 Å². The van der Waals surface area contributed by atoms with Gasteiger partial charge in [-0.2, -0.15) is 0 Å². The summed E-state index contributed by atoms with van der Waals surface area (Å²) in [5.41, 5.74) is 6.11. The Bertz CT molecular complexity index is 402. The minimum Gasteiger partial charge on any atom is -0.494 e. The fourth-order valence-electron chi connectivity index (χ4n) is 2.30. The van der Waals surface area contributed by atoms with Gasteiger partial charge in [-0.25, -0.2) is 4.39 Å². The summed E-state index contributed by atoms with van der Waals surface area (Å²) < 4.78 is 24.7. The minimum atomic E-state index is -0.479.